The van der Waals surface area contributed by atoms with E-state index in [0.29, 0.717) is 16.7 Å². The van der Waals surface area contributed by atoms with Crippen LogP contribution in [-0.2, 0) is 0 Å². The first-order valence-electron chi connectivity index (χ1n) is 6.85. The summed E-state index contributed by atoms with van der Waals surface area (Å²) in [6.45, 7) is 10.2. The molecule has 102 valence electrons. The Labute approximate surface area is 119 Å². The molecule has 1 N–H and O–H groups in total. The summed E-state index contributed by atoms with van der Waals surface area (Å²) in [4.78, 5) is 4.59. The van der Waals surface area contributed by atoms with Crippen LogP contribution in [-0.4, -0.2) is 22.8 Å². The summed E-state index contributed by atoms with van der Waals surface area (Å²) in [6, 6.07) is 0.617. The molecule has 1 aliphatic rings. The Morgan fingerprint density at radius 1 is 1.56 bits per heavy atom. The minimum atomic E-state index is 0.416. The van der Waals surface area contributed by atoms with Gasteiger partial charge < -0.3 is 5.32 Å². The lowest BCUT2D eigenvalue weighted by Crippen LogP contribution is -2.43. The van der Waals surface area contributed by atoms with Crippen LogP contribution in [0.3, 0.4) is 0 Å². The van der Waals surface area contributed by atoms with E-state index in [1.165, 1.54) is 23.6 Å². The van der Waals surface area contributed by atoms with Crippen LogP contribution < -0.4 is 5.32 Å². The smallest absolute Gasteiger partial charge is 0.150 e. The number of thioether (sulfide) groups is 1. The summed E-state index contributed by atoms with van der Waals surface area (Å²) in [5.41, 5.74) is 1.57. The Balaban J connectivity index is 2.02. The minimum absolute atomic E-state index is 0.416. The molecule has 18 heavy (non-hydrogen) atoms. The van der Waals surface area contributed by atoms with Gasteiger partial charge in [0.05, 0.1) is 0 Å². The summed E-state index contributed by atoms with van der Waals surface area (Å²) in [5.74, 6) is 0. The highest BCUT2D eigenvalue weighted by molar-refractivity contribution is 8.01. The largest absolute Gasteiger partial charge is 0.312 e. The predicted molar refractivity (Wildman–Crippen MR) is 81.6 cm³/mol. The monoisotopic (exact) mass is 284 g/mol. The first-order chi connectivity index (χ1) is 8.53. The second kappa shape index (κ2) is 5.93. The molecule has 2 rings (SSSR count). The van der Waals surface area contributed by atoms with Crippen molar-refractivity contribution in [1.29, 1.82) is 0 Å². The van der Waals surface area contributed by atoms with Crippen molar-refractivity contribution in [3.05, 3.63) is 11.1 Å². The maximum Gasteiger partial charge on any atom is 0.150 e. The van der Waals surface area contributed by atoms with E-state index >= 15 is 0 Å². The van der Waals surface area contributed by atoms with Gasteiger partial charge in [-0.05, 0) is 38.1 Å². The highest BCUT2D eigenvalue weighted by Crippen LogP contribution is 2.45. The summed E-state index contributed by atoms with van der Waals surface area (Å²) < 4.78 is 1.23. The summed E-state index contributed by atoms with van der Waals surface area (Å²) in [7, 11) is 0. The van der Waals surface area contributed by atoms with Gasteiger partial charge in [-0.3, -0.25) is 0 Å². The van der Waals surface area contributed by atoms with Crippen molar-refractivity contribution < 1.29 is 0 Å². The van der Waals surface area contributed by atoms with Gasteiger partial charge in [0.25, 0.3) is 0 Å². The highest BCUT2D eigenvalue weighted by atomic mass is 32.2. The molecule has 0 radical (unpaired) electrons. The Morgan fingerprint density at radius 3 is 2.94 bits per heavy atom. The molecule has 1 aromatic heterocycles. The van der Waals surface area contributed by atoms with Gasteiger partial charge in [0.15, 0.2) is 0 Å². The summed E-state index contributed by atoms with van der Waals surface area (Å²) in [6.07, 6.45) is 3.83. The second-order valence-electron chi connectivity index (χ2n) is 5.87. The van der Waals surface area contributed by atoms with Gasteiger partial charge in [-0.25, -0.2) is 4.98 Å². The molecule has 0 aromatic carbocycles. The molecule has 0 spiro atoms. The number of thiazole rings is 1. The first-order valence-corrected chi connectivity index (χ1v) is 8.61. The van der Waals surface area contributed by atoms with Crippen LogP contribution in [0, 0.1) is 12.3 Å². The first kappa shape index (κ1) is 14.4. The standard InChI is InChI=1S/C14H24N2S2/c1-5-8-15-12-11(6-7-14(12,3)4)18-13-16-10(2)9-17-13/h9,11-12,15H,5-8H2,1-4H3. The van der Waals surface area contributed by atoms with Crippen LogP contribution in [0.1, 0.15) is 45.7 Å². The number of nitrogens with zero attached hydrogens (tertiary/aromatic N) is 1. The SMILES string of the molecule is CCCNC1C(Sc2nc(C)cs2)CCC1(C)C. The molecule has 0 bridgehead atoms. The molecular formula is C14H24N2S2. The zero-order valence-corrected chi connectivity index (χ0v) is 13.5. The molecule has 2 nitrogen and oxygen atoms in total. The van der Waals surface area contributed by atoms with Gasteiger partial charge >= 0.3 is 0 Å². The van der Waals surface area contributed by atoms with Crippen LogP contribution in [0.4, 0.5) is 0 Å². The highest BCUT2D eigenvalue weighted by Gasteiger charge is 2.42. The molecule has 1 aromatic rings. The van der Waals surface area contributed by atoms with Crippen molar-refractivity contribution >= 4 is 23.1 Å². The van der Waals surface area contributed by atoms with E-state index in [1.54, 1.807) is 11.3 Å². The molecule has 0 aliphatic heterocycles. The fraction of sp³-hybridized carbons (Fsp3) is 0.786. The third kappa shape index (κ3) is 3.28. The predicted octanol–water partition coefficient (Wildman–Crippen LogP) is 4.10. The van der Waals surface area contributed by atoms with E-state index in [-0.39, 0.29) is 0 Å². The molecule has 1 aliphatic carbocycles. The Bertz CT molecular complexity index is 387. The molecule has 4 heteroatoms. The maximum atomic E-state index is 4.59. The second-order valence-corrected chi connectivity index (χ2v) is 8.21. The number of hydrogen-bond acceptors (Lipinski definition) is 4. The average Bonchev–Trinajstić information content (AvgIpc) is 2.82. The molecule has 0 saturated heterocycles. The number of hydrogen-bond donors (Lipinski definition) is 1. The van der Waals surface area contributed by atoms with Crippen molar-refractivity contribution in [2.45, 2.75) is 62.6 Å². The normalized spacial score (nSPS) is 26.7. The van der Waals surface area contributed by atoms with Crippen LogP contribution in [0.5, 0.6) is 0 Å². The van der Waals surface area contributed by atoms with E-state index in [2.05, 4.69) is 43.4 Å². The fourth-order valence-electron chi connectivity index (χ4n) is 2.69. The summed E-state index contributed by atoms with van der Waals surface area (Å²) >= 11 is 3.76. The average molecular weight is 284 g/mol. The number of rotatable bonds is 5. The van der Waals surface area contributed by atoms with Crippen molar-refractivity contribution in [2.24, 2.45) is 5.41 Å². The Hall–Kier alpha value is -0.0600. The van der Waals surface area contributed by atoms with Crippen molar-refractivity contribution in [1.82, 2.24) is 10.3 Å². The van der Waals surface area contributed by atoms with Gasteiger partial charge in [-0.2, -0.15) is 0 Å². The summed E-state index contributed by atoms with van der Waals surface area (Å²) in [5, 5.41) is 6.58. The van der Waals surface area contributed by atoms with Crippen LogP contribution in [0.2, 0.25) is 0 Å². The molecule has 1 saturated carbocycles. The molecule has 1 heterocycles. The zero-order chi connectivity index (χ0) is 13.2. The van der Waals surface area contributed by atoms with Gasteiger partial charge in [0, 0.05) is 22.4 Å². The maximum absolute atomic E-state index is 4.59. The van der Waals surface area contributed by atoms with Crippen LogP contribution >= 0.6 is 23.1 Å². The van der Waals surface area contributed by atoms with Crippen molar-refractivity contribution in [2.75, 3.05) is 6.54 Å². The van der Waals surface area contributed by atoms with E-state index in [4.69, 9.17) is 0 Å². The number of aromatic nitrogens is 1. The lowest BCUT2D eigenvalue weighted by molar-refractivity contribution is 0.287. The molecule has 2 atom stereocenters. The molecule has 2 unspecified atom stereocenters. The van der Waals surface area contributed by atoms with E-state index in [1.807, 2.05) is 11.8 Å². The minimum Gasteiger partial charge on any atom is -0.312 e. The van der Waals surface area contributed by atoms with Crippen LogP contribution in [0.15, 0.2) is 9.72 Å². The van der Waals surface area contributed by atoms with Gasteiger partial charge in [0.2, 0.25) is 0 Å². The molecular weight excluding hydrogens is 260 g/mol. The lowest BCUT2D eigenvalue weighted by Gasteiger charge is -2.31. The zero-order valence-electron chi connectivity index (χ0n) is 11.8. The van der Waals surface area contributed by atoms with Crippen molar-refractivity contribution in [3.8, 4) is 0 Å². The quantitative estimate of drug-likeness (QED) is 0.881. The van der Waals surface area contributed by atoms with E-state index < -0.39 is 0 Å². The molecule has 0 amide bonds. The van der Waals surface area contributed by atoms with Gasteiger partial charge in [-0.15, -0.1) is 11.3 Å². The Morgan fingerprint density at radius 2 is 2.33 bits per heavy atom. The third-order valence-corrected chi connectivity index (χ3v) is 6.18. The number of aryl methyl sites for hydroxylation is 1. The van der Waals surface area contributed by atoms with Crippen LogP contribution in [0.25, 0.3) is 0 Å². The molecule has 1 fully saturated rings. The van der Waals surface area contributed by atoms with E-state index in [9.17, 15) is 0 Å². The van der Waals surface area contributed by atoms with E-state index in [0.717, 1.165) is 12.2 Å². The van der Waals surface area contributed by atoms with Crippen molar-refractivity contribution in [3.63, 3.8) is 0 Å². The number of nitrogens with one attached hydrogen (secondary N) is 1. The Kier molecular flexibility index (Phi) is 4.73. The topological polar surface area (TPSA) is 24.9 Å². The fourth-order valence-corrected chi connectivity index (χ4v) is 5.24. The third-order valence-electron chi connectivity index (χ3n) is 3.75. The lowest BCUT2D eigenvalue weighted by atomic mass is 9.87. The van der Waals surface area contributed by atoms with Gasteiger partial charge in [0.1, 0.15) is 4.34 Å². The van der Waals surface area contributed by atoms with Gasteiger partial charge in [-0.1, -0.05) is 32.5 Å².